The van der Waals surface area contributed by atoms with E-state index in [1.54, 1.807) is 11.0 Å². The van der Waals surface area contributed by atoms with E-state index in [4.69, 9.17) is 10.2 Å². The molecule has 2 heterocycles. The highest BCUT2D eigenvalue weighted by Gasteiger charge is 2.44. The van der Waals surface area contributed by atoms with Gasteiger partial charge < -0.3 is 20.0 Å². The molecule has 0 aromatic heterocycles. The molecule has 2 amide bonds. The monoisotopic (exact) mass is 296 g/mol. The molecule has 0 aromatic carbocycles. The van der Waals surface area contributed by atoms with E-state index in [-0.39, 0.29) is 37.1 Å². The maximum atomic E-state index is 12.6. The summed E-state index contributed by atoms with van der Waals surface area (Å²) in [6.07, 6.45) is 5.31. The number of aliphatic hydroxyl groups is 1. The first-order valence-corrected chi connectivity index (χ1v) is 7.57. The first-order chi connectivity index (χ1) is 10.1. The molecule has 2 rings (SSSR count). The minimum Gasteiger partial charge on any atom is -0.481 e. The molecule has 6 nitrogen and oxygen atoms in total. The van der Waals surface area contributed by atoms with Crippen molar-refractivity contribution in [2.45, 2.75) is 44.2 Å². The Labute approximate surface area is 125 Å². The van der Waals surface area contributed by atoms with Gasteiger partial charge in [0.2, 0.25) is 0 Å². The van der Waals surface area contributed by atoms with Gasteiger partial charge in [0.1, 0.15) is 0 Å². The minimum atomic E-state index is -0.757. The fourth-order valence-corrected chi connectivity index (χ4v) is 3.72. The zero-order valence-electron chi connectivity index (χ0n) is 12.3. The Morgan fingerprint density at radius 1 is 1.29 bits per heavy atom. The lowest BCUT2D eigenvalue weighted by atomic mass is 9.88. The molecule has 0 spiro atoms. The van der Waals surface area contributed by atoms with Crippen molar-refractivity contribution in [2.24, 2.45) is 5.92 Å². The highest BCUT2D eigenvalue weighted by molar-refractivity contribution is 5.76. The Morgan fingerprint density at radius 2 is 1.90 bits per heavy atom. The first kappa shape index (κ1) is 15.8. The van der Waals surface area contributed by atoms with Crippen LogP contribution in [0.25, 0.3) is 0 Å². The molecule has 0 aromatic rings. The molecule has 2 bridgehead atoms. The molecule has 2 aliphatic rings. The summed E-state index contributed by atoms with van der Waals surface area (Å²) in [5.41, 5.74) is 0. The molecule has 21 heavy (non-hydrogen) atoms. The van der Waals surface area contributed by atoms with Gasteiger partial charge in [0.25, 0.3) is 0 Å². The van der Waals surface area contributed by atoms with Crippen molar-refractivity contribution < 1.29 is 19.8 Å². The number of aliphatic hydroxyl groups excluding tert-OH is 1. The first-order valence-electron chi connectivity index (χ1n) is 7.57. The fraction of sp³-hybridized carbons (Fsp3) is 0.733. The number of carbonyl (C=O) groups is 2. The van der Waals surface area contributed by atoms with Crippen molar-refractivity contribution in [3.05, 3.63) is 12.7 Å². The molecular weight excluding hydrogens is 272 g/mol. The molecule has 2 atom stereocenters. The van der Waals surface area contributed by atoms with E-state index in [0.717, 1.165) is 25.7 Å². The van der Waals surface area contributed by atoms with Gasteiger partial charge in [0.15, 0.2) is 0 Å². The van der Waals surface area contributed by atoms with E-state index in [2.05, 4.69) is 6.58 Å². The Kier molecular flexibility index (Phi) is 5.22. The molecule has 2 unspecified atom stereocenters. The number of carboxylic acid groups (broad SMARTS) is 1. The van der Waals surface area contributed by atoms with E-state index in [9.17, 15) is 9.59 Å². The third-order valence-electron chi connectivity index (χ3n) is 4.50. The second kappa shape index (κ2) is 6.93. The van der Waals surface area contributed by atoms with Crippen molar-refractivity contribution in [3.63, 3.8) is 0 Å². The van der Waals surface area contributed by atoms with Crippen LogP contribution >= 0.6 is 0 Å². The molecule has 118 valence electrons. The molecule has 6 heteroatoms. The fourth-order valence-electron chi connectivity index (χ4n) is 3.72. The smallest absolute Gasteiger partial charge is 0.320 e. The third-order valence-corrected chi connectivity index (χ3v) is 4.50. The van der Waals surface area contributed by atoms with Crippen LogP contribution < -0.4 is 0 Å². The lowest BCUT2D eigenvalue weighted by molar-refractivity contribution is -0.138. The highest BCUT2D eigenvalue weighted by atomic mass is 16.4. The second-order valence-electron chi connectivity index (χ2n) is 5.97. The van der Waals surface area contributed by atoms with E-state index >= 15 is 0 Å². The molecule has 0 aliphatic carbocycles. The van der Waals surface area contributed by atoms with E-state index in [1.165, 1.54) is 0 Å². The third kappa shape index (κ3) is 3.56. The maximum Gasteiger partial charge on any atom is 0.320 e. The minimum absolute atomic E-state index is 0.0507. The Morgan fingerprint density at radius 3 is 2.38 bits per heavy atom. The van der Waals surface area contributed by atoms with Gasteiger partial charge in [-0.05, 0) is 31.6 Å². The molecule has 2 fully saturated rings. The van der Waals surface area contributed by atoms with Crippen LogP contribution in [0.2, 0.25) is 0 Å². The highest BCUT2D eigenvalue weighted by Crippen LogP contribution is 2.40. The Balaban J connectivity index is 2.03. The molecule has 0 saturated carbocycles. The van der Waals surface area contributed by atoms with Gasteiger partial charge in [-0.25, -0.2) is 4.79 Å². The molecule has 2 saturated heterocycles. The summed E-state index contributed by atoms with van der Waals surface area (Å²) in [4.78, 5) is 27.0. The van der Waals surface area contributed by atoms with Gasteiger partial charge in [-0.15, -0.1) is 6.58 Å². The lowest BCUT2D eigenvalue weighted by Gasteiger charge is -2.41. The summed E-state index contributed by atoms with van der Waals surface area (Å²) in [6.45, 7) is 4.31. The van der Waals surface area contributed by atoms with Crippen LogP contribution in [0.4, 0.5) is 4.79 Å². The Bertz CT molecular complexity index is 398. The summed E-state index contributed by atoms with van der Waals surface area (Å²) in [5, 5.41) is 18.0. The van der Waals surface area contributed by atoms with Crippen molar-refractivity contribution in [1.82, 2.24) is 9.80 Å². The number of aliphatic carboxylic acids is 1. The van der Waals surface area contributed by atoms with Crippen LogP contribution in [-0.2, 0) is 4.79 Å². The largest absolute Gasteiger partial charge is 0.481 e. The summed E-state index contributed by atoms with van der Waals surface area (Å²) in [6, 6.07) is 0.239. The van der Waals surface area contributed by atoms with Gasteiger partial charge >= 0.3 is 12.0 Å². The van der Waals surface area contributed by atoms with Gasteiger partial charge in [-0.2, -0.15) is 0 Å². The average molecular weight is 296 g/mol. The predicted molar refractivity (Wildman–Crippen MR) is 77.9 cm³/mol. The quantitative estimate of drug-likeness (QED) is 0.724. The van der Waals surface area contributed by atoms with Crippen LogP contribution in [0.3, 0.4) is 0 Å². The van der Waals surface area contributed by atoms with Crippen molar-refractivity contribution >= 4 is 12.0 Å². The summed E-state index contributed by atoms with van der Waals surface area (Å²) in [5.74, 6) is -0.581. The number of amides is 2. The maximum absolute atomic E-state index is 12.6. The van der Waals surface area contributed by atoms with Crippen molar-refractivity contribution in [3.8, 4) is 0 Å². The number of piperidine rings is 1. The zero-order valence-corrected chi connectivity index (χ0v) is 12.3. The number of hydrogen-bond acceptors (Lipinski definition) is 3. The predicted octanol–water partition coefficient (Wildman–Crippen LogP) is 1.30. The summed E-state index contributed by atoms with van der Waals surface area (Å²) < 4.78 is 0. The number of carbonyl (C=O) groups excluding carboxylic acids is 1. The average Bonchev–Trinajstić information content (AvgIpc) is 2.69. The molecule has 2 aliphatic heterocycles. The van der Waals surface area contributed by atoms with Crippen LogP contribution in [0.15, 0.2) is 12.7 Å². The van der Waals surface area contributed by atoms with Gasteiger partial charge in [0.05, 0.1) is 6.61 Å². The van der Waals surface area contributed by atoms with Crippen LogP contribution in [-0.4, -0.2) is 63.8 Å². The lowest BCUT2D eigenvalue weighted by Crippen LogP contribution is -2.53. The number of rotatable bonds is 6. The summed E-state index contributed by atoms with van der Waals surface area (Å²) >= 11 is 0. The number of hydrogen-bond donors (Lipinski definition) is 2. The number of urea groups is 1. The van der Waals surface area contributed by atoms with Crippen molar-refractivity contribution in [1.29, 1.82) is 0 Å². The molecule has 2 N–H and O–H groups in total. The van der Waals surface area contributed by atoms with Crippen LogP contribution in [0.5, 0.6) is 0 Å². The van der Waals surface area contributed by atoms with Gasteiger partial charge in [-0.3, -0.25) is 4.79 Å². The van der Waals surface area contributed by atoms with Crippen LogP contribution in [0.1, 0.15) is 32.1 Å². The van der Waals surface area contributed by atoms with E-state index < -0.39 is 5.97 Å². The van der Waals surface area contributed by atoms with Crippen molar-refractivity contribution in [2.75, 3.05) is 19.7 Å². The summed E-state index contributed by atoms with van der Waals surface area (Å²) in [7, 11) is 0. The Hall–Kier alpha value is -1.56. The van der Waals surface area contributed by atoms with Gasteiger partial charge in [-0.1, -0.05) is 6.08 Å². The SMILES string of the molecule is C=CCN(CCO)C(=O)N1C2CCC1CC(CC(=O)O)C2. The van der Waals surface area contributed by atoms with E-state index in [0.29, 0.717) is 13.1 Å². The van der Waals surface area contributed by atoms with E-state index in [1.807, 2.05) is 4.90 Å². The standard InChI is InChI=1S/C15H24N2O4/c1-2-5-16(6-7-18)15(21)17-12-3-4-13(17)9-11(8-12)10-14(19)20/h2,11-13,18H,1,3-10H2,(H,19,20). The number of carboxylic acids is 1. The topological polar surface area (TPSA) is 81.1 Å². The normalized spacial score (nSPS) is 27.5. The van der Waals surface area contributed by atoms with Crippen LogP contribution in [0, 0.1) is 5.92 Å². The number of fused-ring (bicyclic) bond motifs is 2. The second-order valence-corrected chi connectivity index (χ2v) is 5.97. The zero-order chi connectivity index (χ0) is 15.4. The number of nitrogens with zero attached hydrogens (tertiary/aromatic N) is 2. The van der Waals surface area contributed by atoms with Gasteiger partial charge in [0, 0.05) is 31.6 Å². The molecular formula is C15H24N2O4. The molecule has 0 radical (unpaired) electrons.